The molecule has 2 rings (SSSR count). The lowest BCUT2D eigenvalue weighted by molar-refractivity contribution is -0.134. The van der Waals surface area contributed by atoms with Crippen molar-refractivity contribution in [3.8, 4) is 0 Å². The first-order valence-electron chi connectivity index (χ1n) is 7.32. The Balaban J connectivity index is 1.79. The predicted molar refractivity (Wildman–Crippen MR) is 87.8 cm³/mol. The van der Waals surface area contributed by atoms with E-state index in [9.17, 15) is 9.59 Å². The third-order valence-corrected chi connectivity index (χ3v) is 3.88. The Kier molecular flexibility index (Phi) is 5.45. The molecule has 0 N–H and O–H groups in total. The van der Waals surface area contributed by atoms with Crippen LogP contribution in [-0.2, 0) is 16.1 Å². The van der Waals surface area contributed by atoms with Gasteiger partial charge in [-0.3, -0.25) is 4.79 Å². The number of nitrogens with zero attached hydrogens (tertiary/aromatic N) is 2. The molecule has 6 heteroatoms. The predicted octanol–water partition coefficient (Wildman–Crippen LogP) is 2.64. The fourth-order valence-corrected chi connectivity index (χ4v) is 2.53. The van der Waals surface area contributed by atoms with Crippen LogP contribution in [0.3, 0.4) is 0 Å². The van der Waals surface area contributed by atoms with Crippen molar-refractivity contribution in [2.75, 3.05) is 26.2 Å². The lowest BCUT2D eigenvalue weighted by Gasteiger charge is -2.36. The van der Waals surface area contributed by atoms with Crippen LogP contribution in [0.4, 0.5) is 4.79 Å². The molecule has 1 aliphatic rings. The quantitative estimate of drug-likeness (QED) is 0.770. The Bertz CT molecular complexity index is 520. The van der Waals surface area contributed by atoms with Gasteiger partial charge in [0.1, 0.15) is 6.61 Å². The van der Waals surface area contributed by atoms with E-state index in [-0.39, 0.29) is 18.6 Å². The number of rotatable bonds is 3. The zero-order valence-electron chi connectivity index (χ0n) is 12.9. The average molecular weight is 369 g/mol. The molecule has 0 spiro atoms. The van der Waals surface area contributed by atoms with Crippen LogP contribution in [0.15, 0.2) is 30.3 Å². The second kappa shape index (κ2) is 7.13. The smallest absolute Gasteiger partial charge is 0.410 e. The molecule has 0 aliphatic carbocycles. The highest BCUT2D eigenvalue weighted by Gasteiger charge is 2.32. The molecule has 0 atom stereocenters. The molecule has 5 nitrogen and oxygen atoms in total. The molecule has 1 heterocycles. The van der Waals surface area contributed by atoms with E-state index in [1.54, 1.807) is 9.80 Å². The number of carbonyl (C=O) groups is 2. The van der Waals surface area contributed by atoms with Crippen LogP contribution in [0, 0.1) is 0 Å². The molecule has 0 radical (unpaired) electrons. The van der Waals surface area contributed by atoms with Crippen LogP contribution >= 0.6 is 15.9 Å². The van der Waals surface area contributed by atoms with Gasteiger partial charge < -0.3 is 14.5 Å². The van der Waals surface area contributed by atoms with E-state index < -0.39 is 4.32 Å². The standard InChI is InChI=1S/C16H21BrN2O3/c1-16(2,17)14(20)18-8-10-19(11-9-18)15(21)22-12-13-6-4-3-5-7-13/h3-7H,8-12H2,1-2H3. The second-order valence-electron chi connectivity index (χ2n) is 5.79. The van der Waals surface area contributed by atoms with E-state index in [1.165, 1.54) is 0 Å². The largest absolute Gasteiger partial charge is 0.445 e. The first kappa shape index (κ1) is 16.8. The monoisotopic (exact) mass is 368 g/mol. The molecule has 0 unspecified atom stereocenters. The van der Waals surface area contributed by atoms with Crippen molar-refractivity contribution >= 4 is 27.9 Å². The molecule has 2 amide bonds. The third kappa shape index (κ3) is 4.47. The number of hydrogen-bond acceptors (Lipinski definition) is 3. The van der Waals surface area contributed by atoms with Gasteiger partial charge in [0.05, 0.1) is 4.32 Å². The summed E-state index contributed by atoms with van der Waals surface area (Å²) in [6, 6.07) is 9.59. The molecule has 0 bridgehead atoms. The minimum Gasteiger partial charge on any atom is -0.445 e. The first-order valence-corrected chi connectivity index (χ1v) is 8.11. The number of ether oxygens (including phenoxy) is 1. The third-order valence-electron chi connectivity index (χ3n) is 3.54. The summed E-state index contributed by atoms with van der Waals surface area (Å²) in [7, 11) is 0. The molecule has 120 valence electrons. The van der Waals surface area contributed by atoms with E-state index in [1.807, 2.05) is 44.2 Å². The normalized spacial score (nSPS) is 15.6. The highest BCUT2D eigenvalue weighted by Crippen LogP contribution is 2.20. The Labute approximate surface area is 139 Å². The fourth-order valence-electron chi connectivity index (χ4n) is 2.28. The van der Waals surface area contributed by atoms with Gasteiger partial charge in [0.15, 0.2) is 0 Å². The van der Waals surface area contributed by atoms with Gasteiger partial charge in [-0.2, -0.15) is 0 Å². The second-order valence-corrected chi connectivity index (χ2v) is 7.77. The van der Waals surface area contributed by atoms with Gasteiger partial charge in [-0.15, -0.1) is 0 Å². The summed E-state index contributed by atoms with van der Waals surface area (Å²) < 4.78 is 4.74. The van der Waals surface area contributed by atoms with Crippen molar-refractivity contribution in [3.05, 3.63) is 35.9 Å². The maximum absolute atomic E-state index is 12.2. The van der Waals surface area contributed by atoms with E-state index >= 15 is 0 Å². The molecule has 1 saturated heterocycles. The van der Waals surface area contributed by atoms with Crippen LogP contribution in [0.2, 0.25) is 0 Å². The Morgan fingerprint density at radius 1 is 1.09 bits per heavy atom. The van der Waals surface area contributed by atoms with Crippen molar-refractivity contribution in [2.45, 2.75) is 24.8 Å². The van der Waals surface area contributed by atoms with Gasteiger partial charge in [0.2, 0.25) is 5.91 Å². The SMILES string of the molecule is CC(C)(Br)C(=O)N1CCN(C(=O)OCc2ccccc2)CC1. The highest BCUT2D eigenvalue weighted by molar-refractivity contribution is 9.10. The minimum atomic E-state index is -0.566. The van der Waals surface area contributed by atoms with Crippen LogP contribution < -0.4 is 0 Å². The molecule has 22 heavy (non-hydrogen) atoms. The Hall–Kier alpha value is -1.56. The summed E-state index contributed by atoms with van der Waals surface area (Å²) >= 11 is 3.38. The number of hydrogen-bond donors (Lipinski definition) is 0. The van der Waals surface area contributed by atoms with E-state index in [0.717, 1.165) is 5.56 Å². The molecule has 1 fully saturated rings. The van der Waals surface area contributed by atoms with E-state index in [4.69, 9.17) is 4.74 Å². The number of benzene rings is 1. The van der Waals surface area contributed by atoms with Gasteiger partial charge >= 0.3 is 6.09 Å². The molecule has 0 saturated carbocycles. The molecular weight excluding hydrogens is 348 g/mol. The lowest BCUT2D eigenvalue weighted by atomic mass is 10.1. The fraction of sp³-hybridized carbons (Fsp3) is 0.500. The first-order chi connectivity index (χ1) is 10.4. The Morgan fingerprint density at radius 3 is 2.18 bits per heavy atom. The summed E-state index contributed by atoms with van der Waals surface area (Å²) in [6.45, 7) is 6.01. The van der Waals surface area contributed by atoms with Crippen molar-refractivity contribution < 1.29 is 14.3 Å². The summed E-state index contributed by atoms with van der Waals surface area (Å²) in [5, 5.41) is 0. The zero-order chi connectivity index (χ0) is 16.2. The van der Waals surface area contributed by atoms with Crippen LogP contribution in [0.5, 0.6) is 0 Å². The van der Waals surface area contributed by atoms with Gasteiger partial charge in [0.25, 0.3) is 0 Å². The Morgan fingerprint density at radius 2 is 1.64 bits per heavy atom. The van der Waals surface area contributed by atoms with Crippen LogP contribution in [0.25, 0.3) is 0 Å². The summed E-state index contributed by atoms with van der Waals surface area (Å²) in [6.07, 6.45) is -0.325. The van der Waals surface area contributed by atoms with Crippen LogP contribution in [0.1, 0.15) is 19.4 Å². The van der Waals surface area contributed by atoms with E-state index in [2.05, 4.69) is 15.9 Å². The summed E-state index contributed by atoms with van der Waals surface area (Å²) in [5.74, 6) is 0.0461. The van der Waals surface area contributed by atoms with Crippen molar-refractivity contribution in [2.24, 2.45) is 0 Å². The molecular formula is C16H21BrN2O3. The minimum absolute atomic E-state index is 0.0461. The number of halogens is 1. The zero-order valence-corrected chi connectivity index (χ0v) is 14.5. The maximum atomic E-state index is 12.2. The molecule has 1 aromatic rings. The molecule has 1 aromatic carbocycles. The maximum Gasteiger partial charge on any atom is 0.410 e. The summed E-state index contributed by atoms with van der Waals surface area (Å²) in [4.78, 5) is 27.6. The van der Waals surface area contributed by atoms with Gasteiger partial charge in [-0.05, 0) is 19.4 Å². The average Bonchev–Trinajstić information content (AvgIpc) is 2.52. The topological polar surface area (TPSA) is 49.9 Å². The van der Waals surface area contributed by atoms with Gasteiger partial charge in [-0.1, -0.05) is 46.3 Å². The van der Waals surface area contributed by atoms with Gasteiger partial charge in [0, 0.05) is 26.2 Å². The van der Waals surface area contributed by atoms with Crippen molar-refractivity contribution in [3.63, 3.8) is 0 Å². The van der Waals surface area contributed by atoms with Crippen molar-refractivity contribution in [1.82, 2.24) is 9.80 Å². The number of alkyl halides is 1. The van der Waals surface area contributed by atoms with E-state index in [0.29, 0.717) is 26.2 Å². The number of piperazine rings is 1. The number of carbonyl (C=O) groups excluding carboxylic acids is 2. The van der Waals surface area contributed by atoms with Crippen molar-refractivity contribution in [1.29, 1.82) is 0 Å². The van der Waals surface area contributed by atoms with Crippen LogP contribution in [-0.4, -0.2) is 52.3 Å². The summed E-state index contributed by atoms with van der Waals surface area (Å²) in [5.41, 5.74) is 0.964. The number of amides is 2. The highest BCUT2D eigenvalue weighted by atomic mass is 79.9. The molecule has 0 aromatic heterocycles. The lowest BCUT2D eigenvalue weighted by Crippen LogP contribution is -2.53. The molecule has 1 aliphatic heterocycles. The van der Waals surface area contributed by atoms with Gasteiger partial charge in [-0.25, -0.2) is 4.79 Å².